The number of aromatic nitrogens is 3. The van der Waals surface area contributed by atoms with Gasteiger partial charge in [-0.25, -0.2) is 4.28 Å². The fourth-order valence-electron chi connectivity index (χ4n) is 1.51. The van der Waals surface area contributed by atoms with Crippen molar-refractivity contribution >= 4 is 22.3 Å². The van der Waals surface area contributed by atoms with Crippen molar-refractivity contribution in [3.8, 4) is 0 Å². The van der Waals surface area contributed by atoms with Crippen molar-refractivity contribution in [2.75, 3.05) is 23.7 Å². The minimum atomic E-state index is -4.69. The molecule has 3 N–H and O–H groups in total. The molecular weight excluding hydrogens is 274 g/mol. The number of anilines is 2. The summed E-state index contributed by atoms with van der Waals surface area (Å²) in [7, 11) is -4.69. The van der Waals surface area contributed by atoms with Crippen LogP contribution in [0, 0.1) is 0 Å². The van der Waals surface area contributed by atoms with Gasteiger partial charge < -0.3 is 10.6 Å². The average Bonchev–Trinajstić information content (AvgIpc) is 2.32. The van der Waals surface area contributed by atoms with Gasteiger partial charge in [0.05, 0.1) is 0 Å². The van der Waals surface area contributed by atoms with E-state index in [1.807, 2.05) is 18.7 Å². The molecule has 0 aliphatic heterocycles. The zero-order chi connectivity index (χ0) is 14.6. The number of nitrogens with zero attached hydrogens (tertiary/aromatic N) is 4. The topological polar surface area (TPSA) is 123 Å². The lowest BCUT2D eigenvalue weighted by atomic mass is 10.4. The van der Waals surface area contributed by atoms with Crippen LogP contribution in [0.5, 0.6) is 0 Å². The summed E-state index contributed by atoms with van der Waals surface area (Å²) in [6, 6.07) is 0. The summed E-state index contributed by atoms with van der Waals surface area (Å²) >= 11 is 0. The summed E-state index contributed by atoms with van der Waals surface area (Å²) in [5.74, 6) is 0.424. The second kappa shape index (κ2) is 5.97. The van der Waals surface area contributed by atoms with E-state index in [4.69, 9.17) is 10.3 Å². The molecule has 1 aromatic rings. The van der Waals surface area contributed by atoms with E-state index in [9.17, 15) is 8.42 Å². The zero-order valence-corrected chi connectivity index (χ0v) is 11.9. The molecule has 0 saturated heterocycles. The first-order valence-corrected chi connectivity index (χ1v) is 7.19. The van der Waals surface area contributed by atoms with Crippen molar-refractivity contribution in [3.05, 3.63) is 5.82 Å². The molecule has 0 spiro atoms. The Hall–Kier alpha value is -1.68. The maximum Gasteiger partial charge on any atom is 0.474 e. The summed E-state index contributed by atoms with van der Waals surface area (Å²) in [4.78, 5) is 9.99. The standard InChI is InChI=1S/C9H17N5O4S/c1-4-7-11-9(13(5-2)6-3)12-8(10)14(7)18-19(15,16)17/h10H,4-6H2,1-3H3,(H,15,16,17)/p+1. The van der Waals surface area contributed by atoms with Crippen molar-refractivity contribution in [1.29, 1.82) is 0 Å². The van der Waals surface area contributed by atoms with Gasteiger partial charge in [0.15, 0.2) is 0 Å². The number of rotatable bonds is 6. The van der Waals surface area contributed by atoms with Gasteiger partial charge in [-0.1, -0.05) is 16.9 Å². The van der Waals surface area contributed by atoms with Crippen LogP contribution in [-0.2, 0) is 16.8 Å². The second-order valence-corrected chi connectivity index (χ2v) is 4.63. The molecule has 108 valence electrons. The molecule has 19 heavy (non-hydrogen) atoms. The average molecular weight is 292 g/mol. The zero-order valence-electron chi connectivity index (χ0n) is 11.1. The first-order valence-electron chi connectivity index (χ1n) is 5.83. The van der Waals surface area contributed by atoms with Gasteiger partial charge in [0.2, 0.25) is 0 Å². The van der Waals surface area contributed by atoms with Gasteiger partial charge in [-0.3, -0.25) is 4.55 Å². The molecule has 0 saturated carbocycles. The maximum atomic E-state index is 10.7. The smallest absolute Gasteiger partial charge is 0.320 e. The Bertz CT molecular complexity index is 544. The van der Waals surface area contributed by atoms with Crippen molar-refractivity contribution < 1.29 is 22.0 Å². The quantitative estimate of drug-likeness (QED) is 0.505. The molecule has 1 heterocycles. The SMILES string of the molecule is CCc1nc(N(CC)CC)nc(N)[n+]1OS(=O)(=O)O. The van der Waals surface area contributed by atoms with Crippen LogP contribution in [0.2, 0.25) is 0 Å². The predicted octanol–water partition coefficient (Wildman–Crippen LogP) is -1.01. The van der Waals surface area contributed by atoms with Crippen LogP contribution in [0.15, 0.2) is 0 Å². The lowest BCUT2D eigenvalue weighted by Crippen LogP contribution is -2.52. The predicted molar refractivity (Wildman–Crippen MR) is 67.7 cm³/mol. The minimum absolute atomic E-state index is 0.202. The van der Waals surface area contributed by atoms with Gasteiger partial charge in [-0.2, -0.15) is 8.42 Å². The van der Waals surface area contributed by atoms with Gasteiger partial charge in [-0.05, 0) is 18.6 Å². The highest BCUT2D eigenvalue weighted by Gasteiger charge is 2.24. The van der Waals surface area contributed by atoms with E-state index in [0.717, 1.165) is 0 Å². The lowest BCUT2D eigenvalue weighted by molar-refractivity contribution is -0.854. The fraction of sp³-hybridized carbons (Fsp3) is 0.667. The van der Waals surface area contributed by atoms with Gasteiger partial charge in [-0.15, -0.1) is 0 Å². The molecular formula is C9H18N5O4S+. The van der Waals surface area contributed by atoms with Crippen LogP contribution in [0.1, 0.15) is 26.6 Å². The molecule has 0 fully saturated rings. The van der Waals surface area contributed by atoms with E-state index in [1.54, 1.807) is 6.92 Å². The molecule has 0 radical (unpaired) electrons. The van der Waals surface area contributed by atoms with Gasteiger partial charge in [0.25, 0.3) is 5.82 Å². The molecule has 9 nitrogen and oxygen atoms in total. The van der Waals surface area contributed by atoms with Crippen LogP contribution < -0.4 is 19.6 Å². The third-order valence-corrected chi connectivity index (χ3v) is 2.75. The van der Waals surface area contributed by atoms with Gasteiger partial charge >= 0.3 is 22.3 Å². The third-order valence-electron chi connectivity index (χ3n) is 2.42. The molecule has 1 aromatic heterocycles. The first kappa shape index (κ1) is 15.4. The lowest BCUT2D eigenvalue weighted by Gasteiger charge is -2.15. The van der Waals surface area contributed by atoms with Crippen LogP contribution in [0.3, 0.4) is 0 Å². The molecule has 1 rings (SSSR count). The monoisotopic (exact) mass is 292 g/mol. The van der Waals surface area contributed by atoms with Crippen LogP contribution in [0.25, 0.3) is 0 Å². The largest absolute Gasteiger partial charge is 0.474 e. The number of hydrogen-bond acceptors (Lipinski definition) is 7. The molecule has 10 heteroatoms. The Labute approximate surface area is 111 Å². The van der Waals surface area contributed by atoms with E-state index in [1.165, 1.54) is 0 Å². The minimum Gasteiger partial charge on any atom is -0.320 e. The maximum absolute atomic E-state index is 10.7. The molecule has 0 aromatic carbocycles. The van der Waals surface area contributed by atoms with Crippen molar-refractivity contribution in [2.24, 2.45) is 0 Å². The Balaban J connectivity index is 3.29. The number of aryl methyl sites for hydroxylation is 1. The summed E-state index contributed by atoms with van der Waals surface area (Å²) in [5, 5.41) is 0. The van der Waals surface area contributed by atoms with Crippen LogP contribution in [0.4, 0.5) is 11.9 Å². The third kappa shape index (κ3) is 3.89. The number of hydrogen-bond donors (Lipinski definition) is 2. The molecule has 0 aliphatic carbocycles. The summed E-state index contributed by atoms with van der Waals surface area (Å²) in [6.45, 7) is 6.98. The highest BCUT2D eigenvalue weighted by Crippen LogP contribution is 2.08. The van der Waals surface area contributed by atoms with Crippen molar-refractivity contribution in [3.63, 3.8) is 0 Å². The van der Waals surface area contributed by atoms with Crippen LogP contribution in [-0.4, -0.2) is 36.0 Å². The van der Waals surface area contributed by atoms with Crippen molar-refractivity contribution in [1.82, 2.24) is 9.97 Å². The highest BCUT2D eigenvalue weighted by atomic mass is 32.3. The fourth-order valence-corrected chi connectivity index (χ4v) is 1.86. The van der Waals surface area contributed by atoms with E-state index in [0.29, 0.717) is 30.2 Å². The second-order valence-electron chi connectivity index (χ2n) is 3.62. The normalized spacial score (nSPS) is 11.4. The Morgan fingerprint density at radius 2 is 1.89 bits per heavy atom. The Morgan fingerprint density at radius 3 is 2.32 bits per heavy atom. The number of nitrogens with two attached hydrogens (primary N) is 1. The van der Waals surface area contributed by atoms with Crippen LogP contribution >= 0.6 is 0 Å². The Morgan fingerprint density at radius 1 is 1.32 bits per heavy atom. The molecule has 0 aliphatic rings. The molecule has 0 atom stereocenters. The molecule has 0 amide bonds. The van der Waals surface area contributed by atoms with E-state index >= 15 is 0 Å². The highest BCUT2D eigenvalue weighted by molar-refractivity contribution is 7.80. The molecule has 0 bridgehead atoms. The van der Waals surface area contributed by atoms with E-state index < -0.39 is 10.4 Å². The molecule has 0 unspecified atom stereocenters. The van der Waals surface area contributed by atoms with E-state index in [-0.39, 0.29) is 11.8 Å². The summed E-state index contributed by atoms with van der Waals surface area (Å²) in [5.41, 5.74) is 5.64. The summed E-state index contributed by atoms with van der Waals surface area (Å²) in [6.07, 6.45) is 0.358. The van der Waals surface area contributed by atoms with E-state index in [2.05, 4.69) is 14.3 Å². The first-order chi connectivity index (χ1) is 8.82. The summed E-state index contributed by atoms with van der Waals surface area (Å²) < 4.78 is 35.2. The number of nitrogen functional groups attached to an aromatic ring is 1. The van der Waals surface area contributed by atoms with Crippen molar-refractivity contribution in [2.45, 2.75) is 27.2 Å². The van der Waals surface area contributed by atoms with Gasteiger partial charge in [0, 0.05) is 19.5 Å². The van der Waals surface area contributed by atoms with Gasteiger partial charge in [0.1, 0.15) is 0 Å². The Kier molecular flexibility index (Phi) is 4.84.